The minimum atomic E-state index is -0.284. The lowest BCUT2D eigenvalue weighted by atomic mass is 10.1. The van der Waals surface area contributed by atoms with Crippen LogP contribution in [0.15, 0.2) is 77.4 Å². The van der Waals surface area contributed by atoms with Gasteiger partial charge in [0, 0.05) is 5.56 Å². The number of carbonyl (C=O) groups excluding carboxylic acids is 1. The van der Waals surface area contributed by atoms with E-state index in [1.54, 1.807) is 42.3 Å². The molecule has 0 aliphatic rings. The van der Waals surface area contributed by atoms with Crippen LogP contribution < -0.4 is 10.1 Å². The monoisotopic (exact) mass is 407 g/mol. The molecule has 0 unspecified atom stereocenters. The van der Waals surface area contributed by atoms with Crippen LogP contribution >= 0.6 is 11.6 Å². The number of rotatable bonds is 6. The van der Waals surface area contributed by atoms with Crippen LogP contribution in [-0.4, -0.2) is 22.8 Å². The summed E-state index contributed by atoms with van der Waals surface area (Å²) in [6.07, 6.45) is 1.57. The predicted molar refractivity (Wildman–Crippen MR) is 110 cm³/mol. The fourth-order valence-corrected chi connectivity index (χ4v) is 3.14. The summed E-state index contributed by atoms with van der Waals surface area (Å²) in [7, 11) is 1.61. The van der Waals surface area contributed by atoms with Crippen LogP contribution in [0.3, 0.4) is 0 Å². The summed E-state index contributed by atoms with van der Waals surface area (Å²) >= 11 is 6.36. The summed E-state index contributed by atoms with van der Waals surface area (Å²) in [6, 6.07) is 20.0. The summed E-state index contributed by atoms with van der Waals surface area (Å²) in [5.41, 5.74) is 2.50. The minimum Gasteiger partial charge on any atom is -0.497 e. The topological polar surface area (TPSA) is 69.3 Å². The van der Waals surface area contributed by atoms with Gasteiger partial charge < -0.3 is 14.5 Å². The number of methoxy groups -OCH3 is 1. The van der Waals surface area contributed by atoms with E-state index in [-0.39, 0.29) is 12.5 Å². The molecule has 146 valence electrons. The number of aromatic nitrogens is 2. The summed E-state index contributed by atoms with van der Waals surface area (Å²) < 4.78 is 12.0. The number of hydrogen-bond acceptors (Lipinski definition) is 4. The fraction of sp³-hybridized carbons (Fsp3) is 0.0909. The van der Waals surface area contributed by atoms with Crippen molar-refractivity contribution >= 4 is 17.5 Å². The Kier molecular flexibility index (Phi) is 5.35. The number of amides is 1. The first kappa shape index (κ1) is 18.8. The molecule has 29 heavy (non-hydrogen) atoms. The fourth-order valence-electron chi connectivity index (χ4n) is 2.92. The van der Waals surface area contributed by atoms with Crippen molar-refractivity contribution in [1.82, 2.24) is 15.1 Å². The zero-order valence-corrected chi connectivity index (χ0v) is 16.4. The van der Waals surface area contributed by atoms with Crippen LogP contribution in [-0.2, 0) is 6.54 Å². The molecule has 1 N–H and O–H groups in total. The highest BCUT2D eigenvalue weighted by molar-refractivity contribution is 6.32. The lowest BCUT2D eigenvalue weighted by molar-refractivity contribution is 0.0940. The van der Waals surface area contributed by atoms with Crippen molar-refractivity contribution in [2.45, 2.75) is 6.54 Å². The van der Waals surface area contributed by atoms with Crippen LogP contribution in [0.2, 0.25) is 5.02 Å². The third kappa shape index (κ3) is 4.02. The Bertz CT molecular complexity index is 1120. The van der Waals surface area contributed by atoms with E-state index < -0.39 is 0 Å². The van der Waals surface area contributed by atoms with Gasteiger partial charge in [-0.15, -0.1) is 0 Å². The molecular formula is C22H18ClN3O3. The van der Waals surface area contributed by atoms with Gasteiger partial charge in [0.05, 0.1) is 36.3 Å². The molecule has 2 aromatic heterocycles. The number of benzene rings is 2. The number of nitrogens with one attached hydrogen (secondary N) is 1. The molecule has 1 amide bonds. The zero-order chi connectivity index (χ0) is 20.2. The van der Waals surface area contributed by atoms with Gasteiger partial charge in [0.1, 0.15) is 17.2 Å². The number of carbonyl (C=O) groups is 1. The molecule has 0 fully saturated rings. The first-order chi connectivity index (χ1) is 14.2. The molecule has 0 saturated heterocycles. The van der Waals surface area contributed by atoms with Crippen LogP contribution in [0.1, 0.15) is 16.2 Å². The van der Waals surface area contributed by atoms with Crippen molar-refractivity contribution in [3.63, 3.8) is 0 Å². The number of furan rings is 1. The molecule has 2 aromatic carbocycles. The van der Waals surface area contributed by atoms with Gasteiger partial charge >= 0.3 is 0 Å². The van der Waals surface area contributed by atoms with Gasteiger partial charge in [-0.3, -0.25) is 4.79 Å². The molecule has 6 nitrogen and oxygen atoms in total. The minimum absolute atomic E-state index is 0.275. The highest BCUT2D eigenvalue weighted by Crippen LogP contribution is 2.26. The Morgan fingerprint density at radius 2 is 1.93 bits per heavy atom. The molecule has 4 rings (SSSR count). The third-order valence-electron chi connectivity index (χ3n) is 4.41. The highest BCUT2D eigenvalue weighted by atomic mass is 35.5. The summed E-state index contributed by atoms with van der Waals surface area (Å²) in [6.45, 7) is 0.275. The molecule has 0 aliphatic heterocycles. The largest absolute Gasteiger partial charge is 0.497 e. The predicted octanol–water partition coefficient (Wildman–Crippen LogP) is 4.72. The van der Waals surface area contributed by atoms with E-state index in [4.69, 9.17) is 20.8 Å². The van der Waals surface area contributed by atoms with Crippen LogP contribution in [0, 0.1) is 0 Å². The molecule has 0 aliphatic carbocycles. The van der Waals surface area contributed by atoms with Crippen LogP contribution in [0.5, 0.6) is 5.75 Å². The van der Waals surface area contributed by atoms with Gasteiger partial charge in [-0.1, -0.05) is 23.7 Å². The van der Waals surface area contributed by atoms with Crippen molar-refractivity contribution in [3.8, 4) is 22.7 Å². The van der Waals surface area contributed by atoms with Crippen molar-refractivity contribution in [1.29, 1.82) is 0 Å². The van der Waals surface area contributed by atoms with E-state index in [2.05, 4.69) is 10.4 Å². The molecule has 4 aromatic rings. The normalized spacial score (nSPS) is 10.7. The quantitative estimate of drug-likeness (QED) is 0.502. The van der Waals surface area contributed by atoms with Crippen LogP contribution in [0.4, 0.5) is 0 Å². The van der Waals surface area contributed by atoms with E-state index >= 15 is 0 Å². The molecular weight excluding hydrogens is 390 g/mol. The first-order valence-electron chi connectivity index (χ1n) is 8.95. The van der Waals surface area contributed by atoms with E-state index in [1.165, 1.54) is 0 Å². The number of hydrogen-bond donors (Lipinski definition) is 1. The Balaban J connectivity index is 1.72. The maximum atomic E-state index is 12.9. The standard InChI is InChI=1S/C22H18ClN3O3/c1-28-16-10-8-15(9-11-16)19-13-21(22(27)24-14-17-5-4-12-29-17)26(25-19)20-7-3-2-6-18(20)23/h2-13H,14H2,1H3,(H,24,27). The number of nitrogens with zero attached hydrogens (tertiary/aromatic N) is 2. The summed E-state index contributed by atoms with van der Waals surface area (Å²) in [4.78, 5) is 12.9. The van der Waals surface area contributed by atoms with Gasteiger partial charge in [0.15, 0.2) is 0 Å². The van der Waals surface area contributed by atoms with E-state index in [9.17, 15) is 4.79 Å². The molecule has 0 atom stereocenters. The average molecular weight is 408 g/mol. The SMILES string of the molecule is COc1ccc(-c2cc(C(=O)NCc3ccco3)n(-c3ccccc3Cl)n2)cc1. The second-order valence-corrected chi connectivity index (χ2v) is 6.68. The molecule has 0 spiro atoms. The smallest absolute Gasteiger partial charge is 0.270 e. The molecule has 7 heteroatoms. The van der Waals surface area contributed by atoms with Gasteiger partial charge in [-0.2, -0.15) is 5.10 Å². The molecule has 0 saturated carbocycles. The van der Waals surface area contributed by atoms with Crippen molar-refractivity contribution in [2.24, 2.45) is 0 Å². The lowest BCUT2D eigenvalue weighted by Crippen LogP contribution is -2.25. The average Bonchev–Trinajstić information content (AvgIpc) is 3.43. The highest BCUT2D eigenvalue weighted by Gasteiger charge is 2.19. The van der Waals surface area contributed by atoms with E-state index in [0.717, 1.165) is 11.3 Å². The number of para-hydroxylation sites is 1. The van der Waals surface area contributed by atoms with Gasteiger partial charge in [-0.25, -0.2) is 4.68 Å². The van der Waals surface area contributed by atoms with Gasteiger partial charge in [0.2, 0.25) is 0 Å². The van der Waals surface area contributed by atoms with Crippen molar-refractivity contribution < 1.29 is 13.9 Å². The first-order valence-corrected chi connectivity index (χ1v) is 9.33. The van der Waals surface area contributed by atoms with Crippen molar-refractivity contribution in [3.05, 3.63) is 89.5 Å². The number of halogens is 1. The zero-order valence-electron chi connectivity index (χ0n) is 15.6. The molecule has 0 bridgehead atoms. The lowest BCUT2D eigenvalue weighted by Gasteiger charge is -2.09. The number of ether oxygens (including phenoxy) is 1. The Hall–Kier alpha value is -3.51. The van der Waals surface area contributed by atoms with Gasteiger partial charge in [-0.05, 0) is 54.6 Å². The Labute approximate surface area is 172 Å². The Morgan fingerprint density at radius 1 is 1.14 bits per heavy atom. The van der Waals surface area contributed by atoms with Crippen LogP contribution in [0.25, 0.3) is 16.9 Å². The maximum absolute atomic E-state index is 12.9. The third-order valence-corrected chi connectivity index (χ3v) is 4.73. The van der Waals surface area contributed by atoms with Crippen molar-refractivity contribution in [2.75, 3.05) is 7.11 Å². The second-order valence-electron chi connectivity index (χ2n) is 6.27. The van der Waals surface area contributed by atoms with E-state index in [1.807, 2.05) is 42.5 Å². The van der Waals surface area contributed by atoms with Gasteiger partial charge in [0.25, 0.3) is 5.91 Å². The second kappa shape index (κ2) is 8.24. The maximum Gasteiger partial charge on any atom is 0.270 e. The summed E-state index contributed by atoms with van der Waals surface area (Å²) in [5, 5.41) is 7.99. The molecule has 0 radical (unpaired) electrons. The Morgan fingerprint density at radius 3 is 2.62 bits per heavy atom. The van der Waals surface area contributed by atoms with E-state index in [0.29, 0.717) is 27.9 Å². The summed E-state index contributed by atoms with van der Waals surface area (Å²) in [5.74, 6) is 1.13. The molecule has 2 heterocycles.